The summed E-state index contributed by atoms with van der Waals surface area (Å²) in [7, 11) is 0. The number of amides is 1. The Labute approximate surface area is 245 Å². The molecule has 0 spiro atoms. The van der Waals surface area contributed by atoms with Gasteiger partial charge in [-0.2, -0.15) is 0 Å². The highest BCUT2D eigenvalue weighted by Gasteiger charge is 2.20. The molecule has 1 aromatic heterocycles. The third-order valence-corrected chi connectivity index (χ3v) is 7.42. The molecule has 2 aromatic carbocycles. The van der Waals surface area contributed by atoms with Gasteiger partial charge in [0.15, 0.2) is 0 Å². The molecule has 11 nitrogen and oxygen atoms in total. The molecule has 3 aromatic rings. The Morgan fingerprint density at radius 3 is 1.98 bits per heavy atom. The molecule has 0 saturated heterocycles. The zero-order chi connectivity index (χ0) is 31.0. The SMILES string of the molecule is Cc1cc(O)cc(C)c1C[C@H](NCCCc1ncc(CCNC(=O)[C@@H](N)Cc2c(C)cc(O)cc2C)[nH]c1=O)C(=O)O. The third kappa shape index (κ3) is 8.89. The number of benzene rings is 2. The number of carbonyl (C=O) groups excluding carboxylic acids is 1. The van der Waals surface area contributed by atoms with Gasteiger partial charge in [-0.15, -0.1) is 0 Å². The molecule has 0 aliphatic carbocycles. The number of nitrogens with two attached hydrogens (primary N) is 1. The highest BCUT2D eigenvalue weighted by molar-refractivity contribution is 5.82. The molecule has 0 fully saturated rings. The molecule has 0 saturated carbocycles. The van der Waals surface area contributed by atoms with Crippen molar-refractivity contribution in [2.75, 3.05) is 13.1 Å². The van der Waals surface area contributed by atoms with Crippen molar-refractivity contribution < 1.29 is 24.9 Å². The van der Waals surface area contributed by atoms with Crippen molar-refractivity contribution in [3.63, 3.8) is 0 Å². The van der Waals surface area contributed by atoms with Crippen LogP contribution in [0, 0.1) is 27.7 Å². The highest BCUT2D eigenvalue weighted by atomic mass is 16.4. The number of aromatic amines is 1. The molecule has 42 heavy (non-hydrogen) atoms. The van der Waals surface area contributed by atoms with E-state index >= 15 is 0 Å². The molecule has 8 N–H and O–H groups in total. The van der Waals surface area contributed by atoms with E-state index in [-0.39, 0.29) is 35.9 Å². The summed E-state index contributed by atoms with van der Waals surface area (Å²) in [4.78, 5) is 43.9. The lowest BCUT2D eigenvalue weighted by atomic mass is 9.96. The van der Waals surface area contributed by atoms with Crippen molar-refractivity contribution >= 4 is 11.9 Å². The van der Waals surface area contributed by atoms with Crippen molar-refractivity contribution in [1.82, 2.24) is 20.6 Å². The first kappa shape index (κ1) is 32.3. The van der Waals surface area contributed by atoms with E-state index in [1.54, 1.807) is 30.5 Å². The standard InChI is InChI=1S/C31H41N5O6/c1-17-10-22(37)11-18(2)24(17)14-26(32)29(39)34-9-7-21-16-35-27(30(40)36-21)6-5-8-33-28(31(41)42)15-25-19(3)12-23(38)13-20(25)4/h10-13,16,26,28,33,37-38H,5-9,14-15,32H2,1-4H3,(H,34,39)(H,36,40)(H,41,42)/t26-,28-/m0/s1. The van der Waals surface area contributed by atoms with Gasteiger partial charge in [-0.25, -0.2) is 0 Å². The summed E-state index contributed by atoms with van der Waals surface area (Å²) < 4.78 is 0. The monoisotopic (exact) mass is 579 g/mol. The Kier molecular flexibility index (Phi) is 11.2. The summed E-state index contributed by atoms with van der Waals surface area (Å²) in [5.74, 6) is -0.952. The number of rotatable bonds is 14. The Hall–Kier alpha value is -4.22. The largest absolute Gasteiger partial charge is 0.508 e. The van der Waals surface area contributed by atoms with Crippen molar-refractivity contribution in [2.45, 2.75) is 71.9 Å². The van der Waals surface area contributed by atoms with Gasteiger partial charge in [-0.05, 0) is 118 Å². The summed E-state index contributed by atoms with van der Waals surface area (Å²) in [6, 6.07) is 4.96. The van der Waals surface area contributed by atoms with E-state index in [1.807, 2.05) is 27.7 Å². The van der Waals surface area contributed by atoms with Crippen LogP contribution in [0.15, 0.2) is 35.3 Å². The minimum Gasteiger partial charge on any atom is -0.508 e. The molecule has 0 radical (unpaired) electrons. The maximum Gasteiger partial charge on any atom is 0.321 e. The number of carboxylic acid groups (broad SMARTS) is 1. The fraction of sp³-hybridized carbons (Fsp3) is 0.419. The minimum absolute atomic E-state index is 0.151. The predicted molar refractivity (Wildman–Crippen MR) is 160 cm³/mol. The van der Waals surface area contributed by atoms with E-state index in [9.17, 15) is 29.7 Å². The fourth-order valence-electron chi connectivity index (χ4n) is 5.10. The average Bonchev–Trinajstić information content (AvgIpc) is 2.89. The number of aliphatic carboxylic acids is 1. The molecule has 3 rings (SSSR count). The molecule has 1 heterocycles. The summed E-state index contributed by atoms with van der Waals surface area (Å²) in [5, 5.41) is 35.0. The minimum atomic E-state index is -0.971. The van der Waals surface area contributed by atoms with Crippen LogP contribution in [0.3, 0.4) is 0 Å². The fourth-order valence-corrected chi connectivity index (χ4v) is 5.10. The lowest BCUT2D eigenvalue weighted by Gasteiger charge is -2.18. The van der Waals surface area contributed by atoms with Gasteiger partial charge < -0.3 is 36.7 Å². The molecule has 11 heteroatoms. The average molecular weight is 580 g/mol. The van der Waals surface area contributed by atoms with E-state index in [0.717, 1.165) is 33.4 Å². The number of phenols is 2. The van der Waals surface area contributed by atoms with E-state index < -0.39 is 18.1 Å². The molecular weight excluding hydrogens is 538 g/mol. The summed E-state index contributed by atoms with van der Waals surface area (Å²) in [6.45, 7) is 8.07. The lowest BCUT2D eigenvalue weighted by Crippen LogP contribution is -2.43. The van der Waals surface area contributed by atoms with Crippen LogP contribution in [-0.2, 0) is 35.3 Å². The van der Waals surface area contributed by atoms with Gasteiger partial charge in [0.2, 0.25) is 5.91 Å². The zero-order valence-corrected chi connectivity index (χ0v) is 24.6. The number of H-pyrrole nitrogens is 1. The van der Waals surface area contributed by atoms with Crippen molar-refractivity contribution in [3.05, 3.63) is 85.6 Å². The summed E-state index contributed by atoms with van der Waals surface area (Å²) in [6.07, 6.45) is 3.44. The normalized spacial score (nSPS) is 12.6. The second-order valence-electron chi connectivity index (χ2n) is 10.8. The molecule has 2 atom stereocenters. The molecule has 0 unspecified atom stereocenters. The quantitative estimate of drug-likeness (QED) is 0.140. The number of carbonyl (C=O) groups is 2. The first-order valence-electron chi connectivity index (χ1n) is 14.0. The zero-order valence-electron chi connectivity index (χ0n) is 24.6. The lowest BCUT2D eigenvalue weighted by molar-refractivity contribution is -0.139. The topological polar surface area (TPSA) is 191 Å². The maximum absolute atomic E-state index is 12.5. The Morgan fingerprint density at radius 1 is 0.905 bits per heavy atom. The summed E-state index contributed by atoms with van der Waals surface area (Å²) >= 11 is 0. The van der Waals surface area contributed by atoms with Gasteiger partial charge in [0.25, 0.3) is 5.56 Å². The van der Waals surface area contributed by atoms with Crippen LogP contribution in [-0.4, -0.2) is 62.3 Å². The van der Waals surface area contributed by atoms with Crippen LogP contribution in [0.4, 0.5) is 0 Å². The molecular formula is C31H41N5O6. The van der Waals surface area contributed by atoms with Gasteiger partial charge in [0.1, 0.15) is 23.2 Å². The number of hydrogen-bond acceptors (Lipinski definition) is 8. The second kappa shape index (κ2) is 14.6. The van der Waals surface area contributed by atoms with E-state index in [4.69, 9.17) is 5.73 Å². The third-order valence-electron chi connectivity index (χ3n) is 7.42. The van der Waals surface area contributed by atoms with Crippen molar-refractivity contribution in [1.29, 1.82) is 0 Å². The second-order valence-corrected chi connectivity index (χ2v) is 10.8. The van der Waals surface area contributed by atoms with Gasteiger partial charge >= 0.3 is 5.97 Å². The van der Waals surface area contributed by atoms with Crippen LogP contribution >= 0.6 is 0 Å². The molecule has 1 amide bonds. The number of nitrogens with one attached hydrogen (secondary N) is 3. The Balaban J connectivity index is 1.45. The number of aromatic hydroxyl groups is 2. The van der Waals surface area contributed by atoms with Gasteiger partial charge in [-0.3, -0.25) is 19.4 Å². The van der Waals surface area contributed by atoms with Crippen LogP contribution in [0.2, 0.25) is 0 Å². The number of hydrogen-bond donors (Lipinski definition) is 7. The van der Waals surface area contributed by atoms with E-state index in [2.05, 4.69) is 20.6 Å². The van der Waals surface area contributed by atoms with Crippen LogP contribution in [0.1, 0.15) is 51.2 Å². The van der Waals surface area contributed by atoms with Crippen molar-refractivity contribution in [2.24, 2.45) is 5.73 Å². The molecule has 0 bridgehead atoms. The first-order valence-corrected chi connectivity index (χ1v) is 14.0. The van der Waals surface area contributed by atoms with Crippen LogP contribution < -0.4 is 21.9 Å². The van der Waals surface area contributed by atoms with Gasteiger partial charge in [0, 0.05) is 24.9 Å². The maximum atomic E-state index is 12.5. The Bertz CT molecular complexity index is 1440. The van der Waals surface area contributed by atoms with Gasteiger partial charge in [0.05, 0.1) is 6.04 Å². The van der Waals surface area contributed by atoms with Gasteiger partial charge in [-0.1, -0.05) is 0 Å². The van der Waals surface area contributed by atoms with E-state index in [1.165, 1.54) is 0 Å². The van der Waals surface area contributed by atoms with Crippen LogP contribution in [0.5, 0.6) is 11.5 Å². The number of phenolic OH excluding ortho intramolecular Hbond substituents is 2. The van der Waals surface area contributed by atoms with Crippen molar-refractivity contribution in [3.8, 4) is 11.5 Å². The number of aromatic nitrogens is 2. The first-order chi connectivity index (χ1) is 19.8. The highest BCUT2D eigenvalue weighted by Crippen LogP contribution is 2.23. The van der Waals surface area contributed by atoms with Crippen LogP contribution in [0.25, 0.3) is 0 Å². The summed E-state index contributed by atoms with van der Waals surface area (Å²) in [5.41, 5.74) is 11.9. The molecule has 226 valence electrons. The Morgan fingerprint density at radius 2 is 1.45 bits per heavy atom. The number of nitrogens with zero attached hydrogens (tertiary/aromatic N) is 1. The molecule has 0 aliphatic rings. The molecule has 0 aliphatic heterocycles. The predicted octanol–water partition coefficient (Wildman–Crippen LogP) is 1.86. The number of aryl methyl sites for hydroxylation is 5. The smallest absolute Gasteiger partial charge is 0.321 e. The van der Waals surface area contributed by atoms with E-state index in [0.29, 0.717) is 43.6 Å². The number of carboxylic acids is 1.